The molecule has 1 aliphatic heterocycles. The predicted molar refractivity (Wildman–Crippen MR) is 105 cm³/mol. The molecule has 4 heteroatoms. The Bertz CT molecular complexity index is 903. The molecule has 0 aliphatic carbocycles. The number of benzene rings is 2. The van der Waals surface area contributed by atoms with Gasteiger partial charge in [-0.15, -0.1) is 0 Å². The van der Waals surface area contributed by atoms with Crippen LogP contribution in [0.3, 0.4) is 0 Å². The number of carbonyl (C=O) groups is 1. The van der Waals surface area contributed by atoms with Gasteiger partial charge in [0.25, 0.3) is 5.91 Å². The van der Waals surface area contributed by atoms with Crippen LogP contribution < -0.4 is 0 Å². The molecular formula is C23H24N2O2. The molecule has 0 saturated carbocycles. The zero-order valence-corrected chi connectivity index (χ0v) is 15.6. The molecule has 1 aliphatic rings. The fraction of sp³-hybridized carbons (Fsp3) is 0.304. The Kier molecular flexibility index (Phi) is 5.05. The van der Waals surface area contributed by atoms with Crippen molar-refractivity contribution in [1.82, 2.24) is 9.88 Å². The number of hydrogen-bond acceptors (Lipinski definition) is 3. The second kappa shape index (κ2) is 7.78. The number of aryl methyl sites for hydroxylation is 1. The Hall–Kier alpha value is -2.88. The quantitative estimate of drug-likeness (QED) is 0.666. The fourth-order valence-electron chi connectivity index (χ4n) is 3.80. The minimum absolute atomic E-state index is 0.0391. The number of rotatable bonds is 4. The highest BCUT2D eigenvalue weighted by atomic mass is 16.4. The third-order valence-corrected chi connectivity index (χ3v) is 5.21. The Morgan fingerprint density at radius 3 is 2.52 bits per heavy atom. The molecule has 2 aromatic carbocycles. The number of oxazole rings is 1. The van der Waals surface area contributed by atoms with Gasteiger partial charge in [0.2, 0.25) is 11.7 Å². The van der Waals surface area contributed by atoms with Gasteiger partial charge in [0, 0.05) is 18.2 Å². The van der Waals surface area contributed by atoms with E-state index >= 15 is 0 Å². The zero-order chi connectivity index (χ0) is 18.6. The first kappa shape index (κ1) is 17.5. The molecule has 1 atom stereocenters. The second-order valence-electron chi connectivity index (χ2n) is 7.14. The molecule has 1 fully saturated rings. The van der Waals surface area contributed by atoms with E-state index in [9.17, 15) is 4.79 Å². The van der Waals surface area contributed by atoms with Crippen molar-refractivity contribution in [2.24, 2.45) is 0 Å². The third kappa shape index (κ3) is 3.80. The lowest BCUT2D eigenvalue weighted by atomic mass is 9.95. The highest BCUT2D eigenvalue weighted by Crippen LogP contribution is 2.27. The van der Waals surface area contributed by atoms with E-state index in [1.54, 1.807) is 0 Å². The highest BCUT2D eigenvalue weighted by molar-refractivity contribution is 5.93. The van der Waals surface area contributed by atoms with Crippen LogP contribution in [0.2, 0.25) is 0 Å². The number of nitrogens with zero attached hydrogens (tertiary/aromatic N) is 2. The number of aromatic nitrogens is 1. The van der Waals surface area contributed by atoms with Crippen molar-refractivity contribution >= 4 is 5.91 Å². The van der Waals surface area contributed by atoms with Gasteiger partial charge in [0.05, 0.1) is 5.69 Å². The van der Waals surface area contributed by atoms with Crippen LogP contribution in [0.5, 0.6) is 0 Å². The van der Waals surface area contributed by atoms with Crippen LogP contribution in [0.4, 0.5) is 0 Å². The lowest BCUT2D eigenvalue weighted by Gasteiger charge is -2.35. The van der Waals surface area contributed by atoms with E-state index in [0.717, 1.165) is 37.8 Å². The van der Waals surface area contributed by atoms with Crippen LogP contribution in [-0.2, 0) is 6.42 Å². The Balaban J connectivity index is 1.58. The van der Waals surface area contributed by atoms with E-state index in [4.69, 9.17) is 4.42 Å². The summed E-state index contributed by atoms with van der Waals surface area (Å²) in [7, 11) is 0. The van der Waals surface area contributed by atoms with Gasteiger partial charge in [0.1, 0.15) is 0 Å². The standard InChI is InChI=1S/C23H24N2O2/c1-17-21(27-22(24-17)19-12-6-3-7-13-19)23(26)25-15-9-8-14-20(25)16-18-10-4-2-5-11-18/h2-7,10-13,20H,8-9,14-16H2,1H3. The number of carbonyl (C=O) groups excluding carboxylic acids is 1. The minimum Gasteiger partial charge on any atom is -0.431 e. The first-order valence-electron chi connectivity index (χ1n) is 9.60. The van der Waals surface area contributed by atoms with Crippen molar-refractivity contribution in [3.63, 3.8) is 0 Å². The van der Waals surface area contributed by atoms with Crippen LogP contribution in [0.15, 0.2) is 65.1 Å². The van der Waals surface area contributed by atoms with Crippen LogP contribution in [0.25, 0.3) is 11.5 Å². The van der Waals surface area contributed by atoms with Gasteiger partial charge in [0.15, 0.2) is 0 Å². The third-order valence-electron chi connectivity index (χ3n) is 5.21. The Morgan fingerprint density at radius 2 is 1.78 bits per heavy atom. The summed E-state index contributed by atoms with van der Waals surface area (Å²) in [5, 5.41) is 0. The summed E-state index contributed by atoms with van der Waals surface area (Å²) in [5.41, 5.74) is 2.81. The summed E-state index contributed by atoms with van der Waals surface area (Å²) in [6.45, 7) is 2.62. The predicted octanol–water partition coefficient (Wildman–Crippen LogP) is 4.89. The number of piperidine rings is 1. The van der Waals surface area contributed by atoms with Crippen molar-refractivity contribution < 1.29 is 9.21 Å². The van der Waals surface area contributed by atoms with E-state index in [-0.39, 0.29) is 11.9 Å². The summed E-state index contributed by atoms with van der Waals surface area (Å²) in [6.07, 6.45) is 4.10. The van der Waals surface area contributed by atoms with Gasteiger partial charge in [-0.2, -0.15) is 0 Å². The van der Waals surface area contributed by atoms with Gasteiger partial charge in [-0.25, -0.2) is 4.98 Å². The summed E-state index contributed by atoms with van der Waals surface area (Å²) in [4.78, 5) is 19.7. The first-order valence-corrected chi connectivity index (χ1v) is 9.60. The van der Waals surface area contributed by atoms with Crippen LogP contribution in [-0.4, -0.2) is 28.4 Å². The maximum absolute atomic E-state index is 13.3. The number of likely N-dealkylation sites (tertiary alicyclic amines) is 1. The van der Waals surface area contributed by atoms with Crippen molar-refractivity contribution in [2.45, 2.75) is 38.6 Å². The molecule has 3 aromatic rings. The molecule has 1 aromatic heterocycles. The van der Waals surface area contributed by atoms with Gasteiger partial charge in [-0.3, -0.25) is 4.79 Å². The zero-order valence-electron chi connectivity index (χ0n) is 15.6. The monoisotopic (exact) mass is 360 g/mol. The van der Waals surface area contributed by atoms with Crippen LogP contribution >= 0.6 is 0 Å². The van der Waals surface area contributed by atoms with Crippen molar-refractivity contribution in [1.29, 1.82) is 0 Å². The number of hydrogen-bond donors (Lipinski definition) is 0. The van der Waals surface area contributed by atoms with E-state index in [0.29, 0.717) is 17.3 Å². The summed E-state index contributed by atoms with van der Waals surface area (Å²) < 4.78 is 5.91. The Labute approximate surface area is 159 Å². The number of amides is 1. The molecule has 4 nitrogen and oxygen atoms in total. The van der Waals surface area contributed by atoms with Crippen molar-refractivity contribution in [3.05, 3.63) is 77.7 Å². The van der Waals surface area contributed by atoms with Gasteiger partial charge >= 0.3 is 0 Å². The Morgan fingerprint density at radius 1 is 1.07 bits per heavy atom. The molecule has 1 unspecified atom stereocenters. The maximum atomic E-state index is 13.3. The lowest BCUT2D eigenvalue weighted by molar-refractivity contribution is 0.0581. The molecular weight excluding hydrogens is 336 g/mol. The molecule has 138 valence electrons. The second-order valence-corrected chi connectivity index (χ2v) is 7.14. The smallest absolute Gasteiger partial charge is 0.291 e. The first-order chi connectivity index (χ1) is 13.2. The highest BCUT2D eigenvalue weighted by Gasteiger charge is 2.31. The average molecular weight is 360 g/mol. The molecule has 27 heavy (non-hydrogen) atoms. The summed E-state index contributed by atoms with van der Waals surface area (Å²) in [6, 6.07) is 20.3. The van der Waals surface area contributed by atoms with Crippen molar-refractivity contribution in [3.8, 4) is 11.5 Å². The topological polar surface area (TPSA) is 46.3 Å². The molecule has 4 rings (SSSR count). The minimum atomic E-state index is -0.0391. The van der Waals surface area contributed by atoms with Crippen molar-refractivity contribution in [2.75, 3.05) is 6.54 Å². The molecule has 0 bridgehead atoms. The van der Waals surface area contributed by atoms with Gasteiger partial charge in [-0.05, 0) is 50.3 Å². The van der Waals surface area contributed by atoms with Gasteiger partial charge < -0.3 is 9.32 Å². The normalized spacial score (nSPS) is 17.1. The van der Waals surface area contributed by atoms with E-state index in [1.165, 1.54) is 5.56 Å². The summed E-state index contributed by atoms with van der Waals surface area (Å²) >= 11 is 0. The van der Waals surface area contributed by atoms with Gasteiger partial charge in [-0.1, -0.05) is 48.5 Å². The van der Waals surface area contributed by atoms with Crippen LogP contribution in [0.1, 0.15) is 41.1 Å². The maximum Gasteiger partial charge on any atom is 0.291 e. The molecule has 2 heterocycles. The average Bonchev–Trinajstić information content (AvgIpc) is 3.11. The van der Waals surface area contributed by atoms with E-state index in [1.807, 2.05) is 48.2 Å². The molecule has 1 amide bonds. The van der Waals surface area contributed by atoms with Crippen LogP contribution in [0, 0.1) is 6.92 Å². The fourth-order valence-corrected chi connectivity index (χ4v) is 3.80. The van der Waals surface area contributed by atoms with E-state index < -0.39 is 0 Å². The summed E-state index contributed by atoms with van der Waals surface area (Å²) in [5.74, 6) is 0.838. The van der Waals surface area contributed by atoms with E-state index in [2.05, 4.69) is 29.2 Å². The molecule has 0 radical (unpaired) electrons. The molecule has 0 spiro atoms. The lowest BCUT2D eigenvalue weighted by Crippen LogP contribution is -2.45. The molecule has 0 N–H and O–H groups in total. The molecule has 1 saturated heterocycles. The largest absolute Gasteiger partial charge is 0.431 e. The SMILES string of the molecule is Cc1nc(-c2ccccc2)oc1C(=O)N1CCCCC1Cc1ccccc1.